The Balaban J connectivity index is 0.000000451. The number of carboxylic acid groups (broad SMARTS) is 2. The SMILES string of the molecule is Cc1nn(-c2ccccc2)cc1CNCC1(F)CCC(C(=O)O)CC1.O=C(O)C(F)(F)F. The van der Waals surface area contributed by atoms with E-state index in [0.717, 1.165) is 16.9 Å². The Labute approximate surface area is 182 Å². The molecule has 0 atom stereocenters. The second kappa shape index (κ2) is 10.6. The Morgan fingerprint density at radius 2 is 1.75 bits per heavy atom. The number of nitrogens with one attached hydrogen (secondary N) is 1. The van der Waals surface area contributed by atoms with E-state index in [1.807, 2.05) is 48.1 Å². The molecular weight excluding hydrogens is 434 g/mol. The van der Waals surface area contributed by atoms with E-state index < -0.39 is 29.7 Å². The maximum atomic E-state index is 14.8. The summed E-state index contributed by atoms with van der Waals surface area (Å²) in [7, 11) is 0. The van der Waals surface area contributed by atoms with Crippen molar-refractivity contribution in [3.8, 4) is 5.69 Å². The number of rotatable bonds is 6. The molecule has 1 aromatic heterocycles. The first kappa shape index (κ1) is 25.3. The van der Waals surface area contributed by atoms with Gasteiger partial charge in [-0.05, 0) is 44.7 Å². The predicted octanol–water partition coefficient (Wildman–Crippen LogP) is 3.89. The van der Waals surface area contributed by atoms with E-state index >= 15 is 0 Å². The molecule has 176 valence electrons. The molecule has 2 aromatic rings. The highest BCUT2D eigenvalue weighted by Gasteiger charge is 2.38. The van der Waals surface area contributed by atoms with E-state index in [2.05, 4.69) is 10.4 Å². The highest BCUT2D eigenvalue weighted by molar-refractivity contribution is 5.73. The van der Waals surface area contributed by atoms with E-state index in [0.29, 0.717) is 32.2 Å². The molecule has 0 amide bonds. The zero-order valence-electron chi connectivity index (χ0n) is 17.4. The fourth-order valence-corrected chi connectivity index (χ4v) is 3.36. The van der Waals surface area contributed by atoms with E-state index in [9.17, 15) is 22.4 Å². The van der Waals surface area contributed by atoms with E-state index in [1.165, 1.54) is 0 Å². The first-order valence-corrected chi connectivity index (χ1v) is 9.94. The van der Waals surface area contributed by atoms with Crippen LogP contribution in [0.5, 0.6) is 0 Å². The lowest BCUT2D eigenvalue weighted by atomic mass is 9.80. The number of carboxylic acids is 2. The summed E-state index contributed by atoms with van der Waals surface area (Å²) in [5.41, 5.74) is 1.63. The van der Waals surface area contributed by atoms with Crippen LogP contribution in [-0.4, -0.2) is 50.3 Å². The monoisotopic (exact) mass is 459 g/mol. The summed E-state index contributed by atoms with van der Waals surface area (Å²) in [6, 6.07) is 9.86. The third kappa shape index (κ3) is 7.33. The van der Waals surface area contributed by atoms with Crippen molar-refractivity contribution < 1.29 is 37.4 Å². The second-order valence-electron chi connectivity index (χ2n) is 7.69. The molecule has 0 spiro atoms. The van der Waals surface area contributed by atoms with Gasteiger partial charge in [0.05, 0.1) is 17.3 Å². The highest BCUT2D eigenvalue weighted by Crippen LogP contribution is 2.34. The van der Waals surface area contributed by atoms with E-state index in [4.69, 9.17) is 15.0 Å². The summed E-state index contributed by atoms with van der Waals surface area (Å²) in [5.74, 6) is -3.96. The van der Waals surface area contributed by atoms with Gasteiger partial charge in [-0.15, -0.1) is 0 Å². The van der Waals surface area contributed by atoms with Gasteiger partial charge < -0.3 is 15.5 Å². The number of nitrogens with zero attached hydrogens (tertiary/aromatic N) is 2. The van der Waals surface area contributed by atoms with Gasteiger partial charge >= 0.3 is 18.1 Å². The third-order valence-corrected chi connectivity index (χ3v) is 5.25. The largest absolute Gasteiger partial charge is 0.490 e. The average Bonchev–Trinajstić information content (AvgIpc) is 3.09. The molecule has 1 aromatic carbocycles. The van der Waals surface area contributed by atoms with Crippen LogP contribution in [0.25, 0.3) is 5.69 Å². The van der Waals surface area contributed by atoms with Crippen LogP contribution >= 0.6 is 0 Å². The summed E-state index contributed by atoms with van der Waals surface area (Å²) >= 11 is 0. The molecule has 0 radical (unpaired) electrons. The number of benzene rings is 1. The molecule has 1 aliphatic carbocycles. The average molecular weight is 459 g/mol. The van der Waals surface area contributed by atoms with Crippen molar-refractivity contribution in [2.45, 2.75) is 51.0 Å². The number of alkyl halides is 4. The number of hydrogen-bond donors (Lipinski definition) is 3. The quantitative estimate of drug-likeness (QED) is 0.567. The van der Waals surface area contributed by atoms with E-state index in [-0.39, 0.29) is 6.54 Å². The Kier molecular flexibility index (Phi) is 8.37. The molecule has 3 N–H and O–H groups in total. The van der Waals surface area contributed by atoms with Crippen LogP contribution in [0.3, 0.4) is 0 Å². The first-order chi connectivity index (χ1) is 14.9. The molecule has 0 bridgehead atoms. The Morgan fingerprint density at radius 3 is 2.25 bits per heavy atom. The zero-order chi connectivity index (χ0) is 23.9. The number of halogens is 4. The first-order valence-electron chi connectivity index (χ1n) is 9.94. The van der Waals surface area contributed by atoms with Crippen LogP contribution in [0.2, 0.25) is 0 Å². The lowest BCUT2D eigenvalue weighted by Crippen LogP contribution is -2.40. The highest BCUT2D eigenvalue weighted by atomic mass is 19.4. The molecule has 32 heavy (non-hydrogen) atoms. The van der Waals surface area contributed by atoms with Gasteiger partial charge in [0.25, 0.3) is 0 Å². The number of aliphatic carboxylic acids is 2. The van der Waals surface area contributed by atoms with E-state index in [1.54, 1.807) is 0 Å². The lowest BCUT2D eigenvalue weighted by Gasteiger charge is -2.32. The van der Waals surface area contributed by atoms with Gasteiger partial charge in [0.15, 0.2) is 0 Å². The molecule has 0 aliphatic heterocycles. The van der Waals surface area contributed by atoms with Crippen molar-refractivity contribution in [1.82, 2.24) is 15.1 Å². The molecule has 1 aliphatic rings. The fourth-order valence-electron chi connectivity index (χ4n) is 3.36. The summed E-state index contributed by atoms with van der Waals surface area (Å²) in [5, 5.41) is 23.8. The molecule has 0 saturated heterocycles. The summed E-state index contributed by atoms with van der Waals surface area (Å²) in [4.78, 5) is 19.9. The smallest absolute Gasteiger partial charge is 0.481 e. The minimum absolute atomic E-state index is 0.245. The molecular formula is C21H25F4N3O4. The van der Waals surface area contributed by atoms with Gasteiger partial charge in [-0.1, -0.05) is 18.2 Å². The van der Waals surface area contributed by atoms with Gasteiger partial charge in [-0.3, -0.25) is 4.79 Å². The Hall–Kier alpha value is -2.95. The lowest BCUT2D eigenvalue weighted by molar-refractivity contribution is -0.192. The molecule has 11 heteroatoms. The van der Waals surface area contributed by atoms with Crippen LogP contribution < -0.4 is 5.32 Å². The van der Waals surface area contributed by atoms with Gasteiger partial charge in [0.1, 0.15) is 5.67 Å². The van der Waals surface area contributed by atoms with Crippen molar-refractivity contribution in [3.05, 3.63) is 47.8 Å². The predicted molar refractivity (Wildman–Crippen MR) is 107 cm³/mol. The molecule has 7 nitrogen and oxygen atoms in total. The molecule has 1 heterocycles. The van der Waals surface area contributed by atoms with Gasteiger partial charge in [0.2, 0.25) is 0 Å². The number of carbonyl (C=O) groups is 2. The number of hydrogen-bond acceptors (Lipinski definition) is 4. The Morgan fingerprint density at radius 1 is 1.19 bits per heavy atom. The maximum Gasteiger partial charge on any atom is 0.490 e. The molecule has 1 fully saturated rings. The van der Waals surface area contributed by atoms with Crippen LogP contribution in [-0.2, 0) is 16.1 Å². The van der Waals surface area contributed by atoms with Crippen LogP contribution in [0.15, 0.2) is 36.5 Å². The second-order valence-corrected chi connectivity index (χ2v) is 7.69. The molecule has 0 unspecified atom stereocenters. The van der Waals surface area contributed by atoms with Crippen molar-refractivity contribution in [1.29, 1.82) is 0 Å². The maximum absolute atomic E-state index is 14.8. The summed E-state index contributed by atoms with van der Waals surface area (Å²) < 4.78 is 48.4. The zero-order valence-corrected chi connectivity index (χ0v) is 17.4. The minimum atomic E-state index is -5.08. The summed E-state index contributed by atoms with van der Waals surface area (Å²) in [6.07, 6.45) is -1.68. The third-order valence-electron chi connectivity index (χ3n) is 5.25. The van der Waals surface area contributed by atoms with Crippen LogP contribution in [0, 0.1) is 12.8 Å². The normalized spacial score (nSPS) is 20.8. The van der Waals surface area contributed by atoms with Gasteiger partial charge in [0, 0.05) is 24.8 Å². The van der Waals surface area contributed by atoms with Crippen molar-refractivity contribution in [2.75, 3.05) is 6.54 Å². The van der Waals surface area contributed by atoms with Crippen LogP contribution in [0.1, 0.15) is 36.9 Å². The van der Waals surface area contributed by atoms with Crippen molar-refractivity contribution >= 4 is 11.9 Å². The van der Waals surface area contributed by atoms with Crippen LogP contribution in [0.4, 0.5) is 17.6 Å². The number of aryl methyl sites for hydroxylation is 1. The van der Waals surface area contributed by atoms with Gasteiger partial charge in [-0.25, -0.2) is 13.9 Å². The van der Waals surface area contributed by atoms with Crippen molar-refractivity contribution in [2.24, 2.45) is 5.92 Å². The topological polar surface area (TPSA) is 104 Å². The standard InChI is InChI=1S/C19H24FN3O2.C2HF3O2/c1-14-16(12-23(22-14)17-5-3-2-4-6-17)11-21-13-19(20)9-7-15(8-10-19)18(24)25;3-2(4,5)1(6)7/h2-6,12,15,21H,7-11,13H2,1H3,(H,24,25);(H,6,7). The number of aromatic nitrogens is 2. The number of para-hydroxylation sites is 1. The molecule has 1 saturated carbocycles. The van der Waals surface area contributed by atoms with Crippen molar-refractivity contribution in [3.63, 3.8) is 0 Å². The Bertz CT molecular complexity index is 908. The fraction of sp³-hybridized carbons (Fsp3) is 0.476. The summed E-state index contributed by atoms with van der Waals surface area (Å²) in [6.45, 7) is 2.74. The van der Waals surface area contributed by atoms with Gasteiger partial charge in [-0.2, -0.15) is 18.3 Å². The molecule has 3 rings (SSSR count). The minimum Gasteiger partial charge on any atom is -0.481 e.